The second-order valence-electron chi connectivity index (χ2n) is 3.35. The minimum Gasteiger partial charge on any atom is -0.392 e. The zero-order valence-corrected chi connectivity index (χ0v) is 9.42. The van der Waals surface area contributed by atoms with Crippen molar-refractivity contribution < 1.29 is 22.6 Å². The Morgan fingerprint density at radius 1 is 1.25 bits per heavy atom. The van der Waals surface area contributed by atoms with E-state index in [-0.39, 0.29) is 6.42 Å². The average molecular weight is 244 g/mol. The van der Waals surface area contributed by atoms with Crippen molar-refractivity contribution in [3.63, 3.8) is 0 Å². The van der Waals surface area contributed by atoms with Crippen LogP contribution in [0.15, 0.2) is 36.7 Å². The van der Waals surface area contributed by atoms with E-state index in [4.69, 9.17) is 4.55 Å². The second kappa shape index (κ2) is 5.74. The molecule has 0 amide bonds. The largest absolute Gasteiger partial charge is 0.392 e. The Morgan fingerprint density at radius 3 is 2.44 bits per heavy atom. The van der Waals surface area contributed by atoms with Crippen LogP contribution in [0, 0.1) is 0 Å². The molecule has 1 atom stereocenters. The van der Waals surface area contributed by atoms with Crippen LogP contribution in [0.2, 0.25) is 0 Å². The molecule has 0 saturated carbocycles. The van der Waals surface area contributed by atoms with Gasteiger partial charge < -0.3 is 5.11 Å². The molecule has 6 heteroatoms. The number of aromatic nitrogens is 1. The Morgan fingerprint density at radius 2 is 1.88 bits per heavy atom. The smallest absolute Gasteiger partial charge is 0.267 e. The Hall–Kier alpha value is -1.24. The number of rotatable bonds is 5. The maximum absolute atomic E-state index is 10.4. The van der Waals surface area contributed by atoms with Crippen LogP contribution in [-0.2, 0) is 10.1 Å². The van der Waals surface area contributed by atoms with Gasteiger partial charge in [0.1, 0.15) is 5.75 Å². The molecule has 0 aliphatic carbocycles. The van der Waals surface area contributed by atoms with Crippen molar-refractivity contribution in [3.05, 3.63) is 36.7 Å². The zero-order valence-electron chi connectivity index (χ0n) is 8.60. The molecule has 0 aromatic carbocycles. The van der Waals surface area contributed by atoms with Crippen molar-refractivity contribution in [1.82, 2.24) is 0 Å². The van der Waals surface area contributed by atoms with Crippen LogP contribution in [0.1, 0.15) is 6.42 Å². The SMILES string of the molecule is O=S(=O)(O)CC(O)CC=C[n+]1ccccc1. The molecule has 0 aliphatic heterocycles. The fourth-order valence-electron chi connectivity index (χ4n) is 1.16. The molecule has 1 heterocycles. The lowest BCUT2D eigenvalue weighted by Gasteiger charge is -2.03. The first kappa shape index (κ1) is 12.8. The average Bonchev–Trinajstić information content (AvgIpc) is 2.16. The lowest BCUT2D eigenvalue weighted by atomic mass is 10.3. The Labute approximate surface area is 94.4 Å². The predicted octanol–water partition coefficient (Wildman–Crippen LogP) is 0.0836. The van der Waals surface area contributed by atoms with Gasteiger partial charge in [0.05, 0.1) is 6.10 Å². The first-order valence-corrected chi connectivity index (χ1v) is 6.34. The molecule has 0 fully saturated rings. The number of nitrogens with zero attached hydrogens (tertiary/aromatic N) is 1. The summed E-state index contributed by atoms with van der Waals surface area (Å²) in [4.78, 5) is 0. The molecule has 0 aliphatic rings. The summed E-state index contributed by atoms with van der Waals surface area (Å²) in [7, 11) is -4.11. The van der Waals surface area contributed by atoms with E-state index < -0.39 is 22.0 Å². The summed E-state index contributed by atoms with van der Waals surface area (Å²) in [6.45, 7) is 0. The van der Waals surface area contributed by atoms with Gasteiger partial charge in [-0.3, -0.25) is 4.55 Å². The lowest BCUT2D eigenvalue weighted by molar-refractivity contribution is -0.568. The molecule has 1 rings (SSSR count). The van der Waals surface area contributed by atoms with Crippen LogP contribution in [-0.4, -0.2) is 29.9 Å². The highest BCUT2D eigenvalue weighted by molar-refractivity contribution is 7.85. The van der Waals surface area contributed by atoms with Crippen LogP contribution < -0.4 is 4.57 Å². The highest BCUT2D eigenvalue weighted by Gasteiger charge is 2.12. The Kier molecular flexibility index (Phi) is 4.60. The molecule has 0 spiro atoms. The third kappa shape index (κ3) is 5.59. The third-order valence-corrected chi connectivity index (χ3v) is 2.63. The molecule has 0 bridgehead atoms. The van der Waals surface area contributed by atoms with Gasteiger partial charge in [-0.25, -0.2) is 0 Å². The van der Waals surface area contributed by atoms with Gasteiger partial charge >= 0.3 is 0 Å². The van der Waals surface area contributed by atoms with Gasteiger partial charge in [-0.1, -0.05) is 6.07 Å². The van der Waals surface area contributed by atoms with E-state index >= 15 is 0 Å². The van der Waals surface area contributed by atoms with Crippen LogP contribution >= 0.6 is 0 Å². The van der Waals surface area contributed by atoms with Crippen molar-refractivity contribution >= 4 is 16.3 Å². The van der Waals surface area contributed by atoms with Crippen LogP contribution in [0.4, 0.5) is 0 Å². The summed E-state index contributed by atoms with van der Waals surface area (Å²) in [6.07, 6.45) is 6.04. The summed E-state index contributed by atoms with van der Waals surface area (Å²) in [5.74, 6) is -0.642. The van der Waals surface area contributed by atoms with E-state index in [2.05, 4.69) is 0 Å². The number of pyridine rings is 1. The summed E-state index contributed by atoms with van der Waals surface area (Å²) in [5, 5.41) is 9.26. The van der Waals surface area contributed by atoms with Gasteiger partial charge in [-0.05, 0) is 12.5 Å². The minimum atomic E-state index is -4.11. The van der Waals surface area contributed by atoms with E-state index in [1.165, 1.54) is 0 Å². The molecule has 1 aromatic heterocycles. The fourth-order valence-corrected chi connectivity index (χ4v) is 1.78. The minimum absolute atomic E-state index is 0.168. The number of aliphatic hydroxyl groups is 1. The van der Waals surface area contributed by atoms with Crippen LogP contribution in [0.25, 0.3) is 6.20 Å². The third-order valence-electron chi connectivity index (χ3n) is 1.83. The summed E-state index contributed by atoms with van der Waals surface area (Å²) in [5.41, 5.74) is 0. The molecular weight excluding hydrogens is 230 g/mol. The van der Waals surface area contributed by atoms with Crippen molar-refractivity contribution in [1.29, 1.82) is 0 Å². The summed E-state index contributed by atoms with van der Waals surface area (Å²) < 4.78 is 31.1. The van der Waals surface area contributed by atoms with E-state index in [1.807, 2.05) is 30.6 Å². The number of hydrogen-bond acceptors (Lipinski definition) is 3. The predicted molar refractivity (Wildman–Crippen MR) is 59.0 cm³/mol. The fraction of sp³-hybridized carbons (Fsp3) is 0.300. The molecular formula is C10H14NO4S+. The van der Waals surface area contributed by atoms with Crippen LogP contribution in [0.3, 0.4) is 0 Å². The lowest BCUT2D eigenvalue weighted by Crippen LogP contribution is -2.24. The van der Waals surface area contributed by atoms with E-state index in [0.29, 0.717) is 0 Å². The Balaban J connectivity index is 2.43. The molecule has 0 radical (unpaired) electrons. The van der Waals surface area contributed by atoms with Crippen molar-refractivity contribution in [2.24, 2.45) is 0 Å². The van der Waals surface area contributed by atoms with Gasteiger partial charge in [0.15, 0.2) is 18.6 Å². The first-order chi connectivity index (χ1) is 7.47. The van der Waals surface area contributed by atoms with Gasteiger partial charge in [0.2, 0.25) is 0 Å². The first-order valence-electron chi connectivity index (χ1n) is 4.73. The monoisotopic (exact) mass is 244 g/mol. The van der Waals surface area contributed by atoms with E-state index in [1.54, 1.807) is 16.8 Å². The van der Waals surface area contributed by atoms with E-state index in [9.17, 15) is 13.5 Å². The molecule has 16 heavy (non-hydrogen) atoms. The standard InChI is InChI=1S/C10H13NO4S/c12-10(9-16(13,14)15)5-4-8-11-6-2-1-3-7-11/h1-4,6-8,10,12H,5,9H2/p+1. The molecule has 2 N–H and O–H groups in total. The highest BCUT2D eigenvalue weighted by atomic mass is 32.2. The summed E-state index contributed by atoms with van der Waals surface area (Å²) >= 11 is 0. The molecule has 1 aromatic rings. The highest BCUT2D eigenvalue weighted by Crippen LogP contribution is 1.97. The van der Waals surface area contributed by atoms with Crippen molar-refractivity contribution in [2.75, 3.05) is 5.75 Å². The molecule has 0 saturated heterocycles. The maximum atomic E-state index is 10.4. The molecule has 88 valence electrons. The van der Waals surface area contributed by atoms with Gasteiger partial charge in [0.25, 0.3) is 10.1 Å². The molecule has 5 nitrogen and oxygen atoms in total. The van der Waals surface area contributed by atoms with E-state index in [0.717, 1.165) is 0 Å². The molecule has 1 unspecified atom stereocenters. The number of hydrogen-bond donors (Lipinski definition) is 2. The van der Waals surface area contributed by atoms with Crippen molar-refractivity contribution in [2.45, 2.75) is 12.5 Å². The topological polar surface area (TPSA) is 78.5 Å². The second-order valence-corrected chi connectivity index (χ2v) is 4.84. The maximum Gasteiger partial charge on any atom is 0.267 e. The van der Waals surface area contributed by atoms with Gasteiger partial charge in [-0.2, -0.15) is 13.0 Å². The number of aliphatic hydroxyl groups excluding tert-OH is 1. The van der Waals surface area contributed by atoms with Crippen molar-refractivity contribution in [3.8, 4) is 0 Å². The normalized spacial score (nSPS) is 14.1. The quantitative estimate of drug-likeness (QED) is 0.568. The summed E-state index contributed by atoms with van der Waals surface area (Å²) in [6, 6.07) is 5.56. The Bertz CT molecular complexity index is 441. The van der Waals surface area contributed by atoms with Gasteiger partial charge in [0, 0.05) is 12.1 Å². The van der Waals surface area contributed by atoms with Gasteiger partial charge in [-0.15, -0.1) is 0 Å². The zero-order chi connectivity index (χ0) is 12.0. The van der Waals surface area contributed by atoms with Crippen LogP contribution in [0.5, 0.6) is 0 Å².